The van der Waals surface area contributed by atoms with Crippen LogP contribution in [-0.4, -0.2) is 27.5 Å². The summed E-state index contributed by atoms with van der Waals surface area (Å²) < 4.78 is 27.0. The van der Waals surface area contributed by atoms with Crippen LogP contribution in [0.15, 0.2) is 29.2 Å². The van der Waals surface area contributed by atoms with E-state index in [1.54, 1.807) is 12.1 Å². The van der Waals surface area contributed by atoms with Gasteiger partial charge >= 0.3 is 0 Å². The molecule has 0 aliphatic carbocycles. The van der Waals surface area contributed by atoms with E-state index in [-0.39, 0.29) is 6.04 Å². The number of hydrogen-bond acceptors (Lipinski definition) is 3. The van der Waals surface area contributed by atoms with Crippen LogP contribution in [0.25, 0.3) is 0 Å². The second kappa shape index (κ2) is 5.82. The van der Waals surface area contributed by atoms with Crippen LogP contribution in [-0.2, 0) is 16.4 Å². The molecule has 0 amide bonds. The van der Waals surface area contributed by atoms with Gasteiger partial charge in [-0.2, -0.15) is 0 Å². The molecule has 1 aliphatic rings. The third-order valence-corrected chi connectivity index (χ3v) is 4.69. The predicted octanol–water partition coefficient (Wildman–Crippen LogP) is 1.28. The van der Waals surface area contributed by atoms with Crippen molar-refractivity contribution in [1.29, 1.82) is 0 Å². The van der Waals surface area contributed by atoms with Gasteiger partial charge in [0.2, 0.25) is 10.0 Å². The molecule has 1 atom stereocenters. The molecule has 0 radical (unpaired) electrons. The highest BCUT2D eigenvalue weighted by atomic mass is 32.2. The van der Waals surface area contributed by atoms with Gasteiger partial charge in [-0.15, -0.1) is 0 Å². The Labute approximate surface area is 109 Å². The lowest BCUT2D eigenvalue weighted by Crippen LogP contribution is -2.36. The molecule has 5 heteroatoms. The van der Waals surface area contributed by atoms with Crippen LogP contribution in [0.2, 0.25) is 0 Å². The zero-order valence-corrected chi connectivity index (χ0v) is 11.5. The van der Waals surface area contributed by atoms with Crippen molar-refractivity contribution in [2.75, 3.05) is 13.1 Å². The second-order valence-corrected chi connectivity index (χ2v) is 6.42. The largest absolute Gasteiger partial charge is 0.315 e. The molecule has 1 fully saturated rings. The molecule has 0 aromatic heterocycles. The fraction of sp³-hybridized carbons (Fsp3) is 0.538. The molecule has 1 unspecified atom stereocenters. The molecule has 1 saturated heterocycles. The van der Waals surface area contributed by atoms with Crippen LogP contribution in [0.4, 0.5) is 0 Å². The zero-order valence-electron chi connectivity index (χ0n) is 10.6. The highest BCUT2D eigenvalue weighted by Gasteiger charge is 2.22. The summed E-state index contributed by atoms with van der Waals surface area (Å²) in [7, 11) is -3.37. The molecule has 1 aromatic rings. The fourth-order valence-electron chi connectivity index (χ4n) is 2.17. The molecule has 2 N–H and O–H groups in total. The summed E-state index contributed by atoms with van der Waals surface area (Å²) in [4.78, 5) is 0.356. The minimum atomic E-state index is -3.37. The van der Waals surface area contributed by atoms with E-state index in [9.17, 15) is 8.42 Å². The van der Waals surface area contributed by atoms with Crippen molar-refractivity contribution in [2.45, 2.75) is 37.1 Å². The van der Waals surface area contributed by atoms with Crippen molar-refractivity contribution in [3.8, 4) is 0 Å². The van der Waals surface area contributed by atoms with Crippen LogP contribution in [0, 0.1) is 0 Å². The summed E-state index contributed by atoms with van der Waals surface area (Å²) in [5.74, 6) is 0. The van der Waals surface area contributed by atoms with E-state index >= 15 is 0 Å². The molecular weight excluding hydrogens is 248 g/mol. The first-order chi connectivity index (χ1) is 8.62. The Balaban J connectivity index is 2.08. The third kappa shape index (κ3) is 3.31. The summed E-state index contributed by atoms with van der Waals surface area (Å²) in [6.45, 7) is 3.70. The highest BCUT2D eigenvalue weighted by Crippen LogP contribution is 2.13. The Morgan fingerprint density at radius 1 is 1.33 bits per heavy atom. The van der Waals surface area contributed by atoms with Gasteiger partial charge in [0.25, 0.3) is 0 Å². The lowest BCUT2D eigenvalue weighted by atomic mass is 10.1. The van der Waals surface area contributed by atoms with E-state index < -0.39 is 10.0 Å². The maximum atomic E-state index is 12.1. The molecule has 0 bridgehead atoms. The normalized spacial score (nSPS) is 20.2. The van der Waals surface area contributed by atoms with Crippen molar-refractivity contribution in [3.63, 3.8) is 0 Å². The number of aryl methyl sites for hydroxylation is 1. The average Bonchev–Trinajstić information content (AvgIpc) is 2.82. The van der Waals surface area contributed by atoms with Gasteiger partial charge in [-0.05, 0) is 37.1 Å². The maximum absolute atomic E-state index is 12.1. The Kier molecular flexibility index (Phi) is 4.37. The topological polar surface area (TPSA) is 58.2 Å². The van der Waals surface area contributed by atoms with Crippen LogP contribution in [0.1, 0.15) is 25.3 Å². The number of benzene rings is 1. The van der Waals surface area contributed by atoms with Gasteiger partial charge in [-0.3, -0.25) is 0 Å². The average molecular weight is 268 g/mol. The molecule has 4 nitrogen and oxygen atoms in total. The highest BCUT2D eigenvalue weighted by molar-refractivity contribution is 7.89. The van der Waals surface area contributed by atoms with Crippen molar-refractivity contribution < 1.29 is 8.42 Å². The van der Waals surface area contributed by atoms with Gasteiger partial charge in [0.15, 0.2) is 0 Å². The first kappa shape index (κ1) is 13.5. The van der Waals surface area contributed by atoms with Gasteiger partial charge < -0.3 is 5.32 Å². The van der Waals surface area contributed by atoms with Gasteiger partial charge in [-0.1, -0.05) is 25.5 Å². The van der Waals surface area contributed by atoms with E-state index in [0.717, 1.165) is 25.8 Å². The molecular formula is C13H20N2O2S. The fourth-order valence-corrected chi connectivity index (χ4v) is 3.44. The van der Waals surface area contributed by atoms with E-state index in [0.29, 0.717) is 11.4 Å². The lowest BCUT2D eigenvalue weighted by molar-refractivity contribution is 0.560. The van der Waals surface area contributed by atoms with Crippen LogP contribution >= 0.6 is 0 Å². The van der Waals surface area contributed by atoms with Gasteiger partial charge in [0.1, 0.15) is 0 Å². The monoisotopic (exact) mass is 268 g/mol. The summed E-state index contributed by atoms with van der Waals surface area (Å²) >= 11 is 0. The number of sulfonamides is 1. The van der Waals surface area contributed by atoms with Crippen LogP contribution < -0.4 is 10.0 Å². The first-order valence-corrected chi connectivity index (χ1v) is 7.92. The zero-order chi connectivity index (χ0) is 13.0. The summed E-state index contributed by atoms with van der Waals surface area (Å²) in [6, 6.07) is 7.19. The van der Waals surface area contributed by atoms with E-state index in [2.05, 4.69) is 17.0 Å². The van der Waals surface area contributed by atoms with Crippen molar-refractivity contribution in [1.82, 2.24) is 10.0 Å². The standard InChI is InChI=1S/C13H20N2O2S/c1-2-3-11-4-6-13(7-5-11)18(16,17)15-12-8-9-14-10-12/h4-7,12,14-15H,2-3,8-10H2,1H3. The molecule has 1 aromatic carbocycles. The molecule has 18 heavy (non-hydrogen) atoms. The summed E-state index contributed by atoms with van der Waals surface area (Å²) in [6.07, 6.45) is 2.91. The van der Waals surface area contributed by atoms with Crippen molar-refractivity contribution in [2.24, 2.45) is 0 Å². The minimum absolute atomic E-state index is 0.0188. The van der Waals surface area contributed by atoms with E-state index in [1.165, 1.54) is 5.56 Å². The Bertz CT molecular complexity index is 476. The van der Waals surface area contributed by atoms with E-state index in [4.69, 9.17) is 0 Å². The van der Waals surface area contributed by atoms with Gasteiger partial charge in [0.05, 0.1) is 4.90 Å². The summed E-state index contributed by atoms with van der Waals surface area (Å²) in [5.41, 5.74) is 1.18. The molecule has 100 valence electrons. The lowest BCUT2D eigenvalue weighted by Gasteiger charge is -2.12. The Morgan fingerprint density at radius 3 is 2.61 bits per heavy atom. The predicted molar refractivity (Wildman–Crippen MR) is 72.0 cm³/mol. The first-order valence-electron chi connectivity index (χ1n) is 6.44. The third-order valence-electron chi connectivity index (χ3n) is 3.15. The number of nitrogens with one attached hydrogen (secondary N) is 2. The van der Waals surface area contributed by atoms with Crippen LogP contribution in [0.5, 0.6) is 0 Å². The molecule has 1 aliphatic heterocycles. The maximum Gasteiger partial charge on any atom is 0.240 e. The Morgan fingerprint density at radius 2 is 2.06 bits per heavy atom. The van der Waals surface area contributed by atoms with Gasteiger partial charge in [0, 0.05) is 12.6 Å². The molecule has 0 spiro atoms. The van der Waals surface area contributed by atoms with Crippen LogP contribution in [0.3, 0.4) is 0 Å². The van der Waals surface area contributed by atoms with E-state index in [1.807, 2.05) is 12.1 Å². The number of rotatable bonds is 5. The van der Waals surface area contributed by atoms with Gasteiger partial charge in [-0.25, -0.2) is 13.1 Å². The summed E-state index contributed by atoms with van der Waals surface area (Å²) in [5, 5.41) is 3.15. The van der Waals surface area contributed by atoms with Crippen molar-refractivity contribution in [3.05, 3.63) is 29.8 Å². The SMILES string of the molecule is CCCc1ccc(S(=O)(=O)NC2CCNC2)cc1. The molecule has 1 heterocycles. The Hall–Kier alpha value is -0.910. The second-order valence-electron chi connectivity index (χ2n) is 4.70. The number of hydrogen-bond donors (Lipinski definition) is 2. The molecule has 0 saturated carbocycles. The molecule has 2 rings (SSSR count). The van der Waals surface area contributed by atoms with Crippen molar-refractivity contribution >= 4 is 10.0 Å². The quantitative estimate of drug-likeness (QED) is 0.846. The smallest absolute Gasteiger partial charge is 0.240 e. The minimum Gasteiger partial charge on any atom is -0.315 e.